The van der Waals surface area contributed by atoms with E-state index in [9.17, 15) is 0 Å². The van der Waals surface area contributed by atoms with Crippen LogP contribution < -0.4 is 5.32 Å². The molecule has 72 valence electrons. The van der Waals surface area contributed by atoms with Crippen LogP contribution in [0.4, 0.5) is 0 Å². The van der Waals surface area contributed by atoms with Crippen molar-refractivity contribution in [2.24, 2.45) is 5.92 Å². The molecular weight excluding hydrogens is 166 g/mol. The van der Waals surface area contributed by atoms with Gasteiger partial charge >= 0.3 is 0 Å². The van der Waals surface area contributed by atoms with Gasteiger partial charge in [0.15, 0.2) is 0 Å². The summed E-state index contributed by atoms with van der Waals surface area (Å²) >= 11 is 2.05. The van der Waals surface area contributed by atoms with Crippen LogP contribution in [-0.2, 0) is 0 Å². The monoisotopic (exact) mass is 187 g/mol. The number of thioether (sulfide) groups is 1. The van der Waals surface area contributed by atoms with Gasteiger partial charge in [-0.05, 0) is 31.6 Å². The van der Waals surface area contributed by atoms with Crippen molar-refractivity contribution in [2.45, 2.75) is 37.9 Å². The molecule has 0 spiro atoms. The van der Waals surface area contributed by atoms with Crippen LogP contribution in [0.15, 0.2) is 0 Å². The van der Waals surface area contributed by atoms with Gasteiger partial charge in [0.1, 0.15) is 0 Å². The maximum atomic E-state index is 3.56. The van der Waals surface area contributed by atoms with E-state index in [1.165, 1.54) is 32.4 Å². The molecule has 0 aromatic heterocycles. The molecule has 1 nitrogen and oxygen atoms in total. The summed E-state index contributed by atoms with van der Waals surface area (Å²) in [4.78, 5) is 0. The van der Waals surface area contributed by atoms with Crippen LogP contribution in [0.25, 0.3) is 0 Å². The summed E-state index contributed by atoms with van der Waals surface area (Å²) in [5, 5.41) is 3.56. The molecular formula is C10H21NS. The second-order valence-corrected chi connectivity index (χ2v) is 5.54. The molecule has 0 heterocycles. The lowest BCUT2D eigenvalue weighted by Gasteiger charge is -2.40. The van der Waals surface area contributed by atoms with E-state index in [1.54, 1.807) is 0 Å². The Kier molecular flexibility index (Phi) is 3.91. The summed E-state index contributed by atoms with van der Waals surface area (Å²) in [5.74, 6) is 0.781. The average Bonchev–Trinajstić information content (AvgIpc) is 1.94. The van der Waals surface area contributed by atoms with Gasteiger partial charge in [0.25, 0.3) is 0 Å². The summed E-state index contributed by atoms with van der Waals surface area (Å²) in [5.41, 5.74) is 0. The summed E-state index contributed by atoms with van der Waals surface area (Å²) < 4.78 is 0.606. The Morgan fingerprint density at radius 1 is 1.42 bits per heavy atom. The molecule has 0 radical (unpaired) electrons. The zero-order valence-corrected chi connectivity index (χ0v) is 9.34. The SMILES string of the molecule is CSC1(CNCC(C)C)CCC1. The lowest BCUT2D eigenvalue weighted by atomic mass is 9.84. The Morgan fingerprint density at radius 3 is 2.42 bits per heavy atom. The van der Waals surface area contributed by atoms with Crippen molar-refractivity contribution >= 4 is 11.8 Å². The van der Waals surface area contributed by atoms with Gasteiger partial charge in [-0.2, -0.15) is 11.8 Å². The first-order chi connectivity index (χ1) is 5.68. The minimum atomic E-state index is 0.606. The highest BCUT2D eigenvalue weighted by Gasteiger charge is 2.35. The van der Waals surface area contributed by atoms with Crippen molar-refractivity contribution in [3.05, 3.63) is 0 Å². The van der Waals surface area contributed by atoms with Gasteiger partial charge in [-0.25, -0.2) is 0 Å². The maximum Gasteiger partial charge on any atom is 0.0281 e. The van der Waals surface area contributed by atoms with Crippen LogP contribution in [-0.4, -0.2) is 24.1 Å². The van der Waals surface area contributed by atoms with Gasteiger partial charge in [-0.15, -0.1) is 0 Å². The van der Waals surface area contributed by atoms with Crippen molar-refractivity contribution in [1.29, 1.82) is 0 Å². The largest absolute Gasteiger partial charge is 0.315 e. The van der Waals surface area contributed by atoms with E-state index in [1.807, 2.05) is 11.8 Å². The zero-order chi connectivity index (χ0) is 9.03. The standard InChI is InChI=1S/C10H21NS/c1-9(2)7-11-8-10(12-3)5-4-6-10/h9,11H,4-8H2,1-3H3. The third-order valence-corrected chi connectivity index (χ3v) is 4.12. The van der Waals surface area contributed by atoms with E-state index >= 15 is 0 Å². The van der Waals surface area contributed by atoms with Crippen LogP contribution in [0.5, 0.6) is 0 Å². The van der Waals surface area contributed by atoms with Crippen LogP contribution in [0, 0.1) is 5.92 Å². The molecule has 2 heteroatoms. The summed E-state index contributed by atoms with van der Waals surface area (Å²) in [7, 11) is 0. The number of hydrogen-bond acceptors (Lipinski definition) is 2. The van der Waals surface area contributed by atoms with Gasteiger partial charge in [0, 0.05) is 11.3 Å². The minimum absolute atomic E-state index is 0.606. The Labute approximate surface area is 80.7 Å². The fraction of sp³-hybridized carbons (Fsp3) is 1.00. The smallest absolute Gasteiger partial charge is 0.0281 e. The first kappa shape index (κ1) is 10.4. The highest BCUT2D eigenvalue weighted by Crippen LogP contribution is 2.42. The second-order valence-electron chi connectivity index (χ2n) is 4.27. The van der Waals surface area contributed by atoms with Crippen molar-refractivity contribution < 1.29 is 0 Å². The lowest BCUT2D eigenvalue weighted by Crippen LogP contribution is -2.44. The van der Waals surface area contributed by atoms with Gasteiger partial charge in [0.2, 0.25) is 0 Å². The molecule has 0 atom stereocenters. The number of hydrogen-bond donors (Lipinski definition) is 1. The Morgan fingerprint density at radius 2 is 2.08 bits per heavy atom. The predicted molar refractivity (Wildman–Crippen MR) is 57.8 cm³/mol. The fourth-order valence-corrected chi connectivity index (χ4v) is 2.56. The van der Waals surface area contributed by atoms with Crippen molar-refractivity contribution in [3.8, 4) is 0 Å². The third-order valence-electron chi connectivity index (χ3n) is 2.70. The summed E-state index contributed by atoms with van der Waals surface area (Å²) in [6.45, 7) is 6.91. The van der Waals surface area contributed by atoms with E-state index in [0.29, 0.717) is 4.75 Å². The van der Waals surface area contributed by atoms with E-state index in [0.717, 1.165) is 5.92 Å². The minimum Gasteiger partial charge on any atom is -0.315 e. The molecule has 0 aliphatic heterocycles. The van der Waals surface area contributed by atoms with Crippen molar-refractivity contribution in [1.82, 2.24) is 5.32 Å². The molecule has 0 aromatic carbocycles. The van der Waals surface area contributed by atoms with E-state index in [2.05, 4.69) is 25.4 Å². The van der Waals surface area contributed by atoms with Crippen LogP contribution in [0.3, 0.4) is 0 Å². The predicted octanol–water partition coefficient (Wildman–Crippen LogP) is 2.52. The molecule has 1 saturated carbocycles. The molecule has 0 unspecified atom stereocenters. The first-order valence-electron chi connectivity index (χ1n) is 4.94. The van der Waals surface area contributed by atoms with Gasteiger partial charge < -0.3 is 5.32 Å². The molecule has 1 aliphatic carbocycles. The molecule has 0 aromatic rings. The van der Waals surface area contributed by atoms with Crippen molar-refractivity contribution in [2.75, 3.05) is 19.3 Å². The number of rotatable bonds is 5. The van der Waals surface area contributed by atoms with Gasteiger partial charge in [0.05, 0.1) is 0 Å². The molecule has 0 saturated heterocycles. The van der Waals surface area contributed by atoms with E-state index in [4.69, 9.17) is 0 Å². The Balaban J connectivity index is 2.12. The van der Waals surface area contributed by atoms with E-state index < -0.39 is 0 Å². The van der Waals surface area contributed by atoms with Gasteiger partial charge in [-0.3, -0.25) is 0 Å². The fourth-order valence-electron chi connectivity index (χ4n) is 1.61. The van der Waals surface area contributed by atoms with Crippen LogP contribution in [0.1, 0.15) is 33.1 Å². The highest BCUT2D eigenvalue weighted by molar-refractivity contribution is 8.00. The highest BCUT2D eigenvalue weighted by atomic mass is 32.2. The van der Waals surface area contributed by atoms with Crippen LogP contribution >= 0.6 is 11.8 Å². The Bertz CT molecular complexity index is 124. The van der Waals surface area contributed by atoms with Crippen molar-refractivity contribution in [3.63, 3.8) is 0 Å². The molecule has 12 heavy (non-hydrogen) atoms. The molecule has 1 aliphatic rings. The zero-order valence-electron chi connectivity index (χ0n) is 8.52. The quantitative estimate of drug-likeness (QED) is 0.710. The lowest BCUT2D eigenvalue weighted by molar-refractivity contribution is 0.340. The molecule has 1 N–H and O–H groups in total. The average molecular weight is 187 g/mol. The number of nitrogens with one attached hydrogen (secondary N) is 1. The molecule has 0 amide bonds. The second kappa shape index (κ2) is 4.52. The van der Waals surface area contributed by atoms with Crippen LogP contribution in [0.2, 0.25) is 0 Å². The Hall–Kier alpha value is 0.310. The van der Waals surface area contributed by atoms with Gasteiger partial charge in [-0.1, -0.05) is 20.3 Å². The third kappa shape index (κ3) is 2.67. The first-order valence-corrected chi connectivity index (χ1v) is 6.17. The topological polar surface area (TPSA) is 12.0 Å². The van der Waals surface area contributed by atoms with E-state index in [-0.39, 0.29) is 0 Å². The molecule has 0 bridgehead atoms. The normalized spacial score (nSPS) is 21.0. The summed E-state index contributed by atoms with van der Waals surface area (Å²) in [6.07, 6.45) is 6.51. The molecule has 1 rings (SSSR count). The maximum absolute atomic E-state index is 3.56. The molecule has 1 fully saturated rings. The summed E-state index contributed by atoms with van der Waals surface area (Å²) in [6, 6.07) is 0.